The lowest BCUT2D eigenvalue weighted by atomic mass is 9.84. The van der Waals surface area contributed by atoms with E-state index < -0.39 is 81.9 Å². The summed E-state index contributed by atoms with van der Waals surface area (Å²) in [6, 6.07) is 8.51. The number of alkyl halides is 4. The van der Waals surface area contributed by atoms with E-state index in [1.807, 2.05) is 0 Å². The Hall–Kier alpha value is -3.91. The van der Waals surface area contributed by atoms with Gasteiger partial charge in [0.15, 0.2) is 11.2 Å². The van der Waals surface area contributed by atoms with Gasteiger partial charge < -0.3 is 20.5 Å². The first-order valence-corrected chi connectivity index (χ1v) is 14.9. The Kier molecular flexibility index (Phi) is 13.9. The summed E-state index contributed by atoms with van der Waals surface area (Å²) in [6.45, 7) is -1.77. The van der Waals surface area contributed by atoms with Crippen molar-refractivity contribution in [3.8, 4) is 0 Å². The molecule has 3 heterocycles. The molecule has 0 bridgehead atoms. The van der Waals surface area contributed by atoms with Gasteiger partial charge in [0.2, 0.25) is 0 Å². The van der Waals surface area contributed by atoms with E-state index in [2.05, 4.69) is 52.0 Å². The van der Waals surface area contributed by atoms with E-state index in [1.54, 1.807) is 0 Å². The van der Waals surface area contributed by atoms with Gasteiger partial charge in [-0.2, -0.15) is 17.6 Å². The molecule has 270 valence electrons. The molecule has 0 aliphatic carbocycles. The number of halogens is 11. The van der Waals surface area contributed by atoms with Crippen molar-refractivity contribution in [2.75, 3.05) is 6.54 Å². The highest BCUT2D eigenvalue weighted by Crippen LogP contribution is 2.47. The van der Waals surface area contributed by atoms with Crippen LogP contribution in [0.2, 0.25) is 0 Å². The fourth-order valence-electron chi connectivity index (χ4n) is 4.53. The van der Waals surface area contributed by atoms with Crippen LogP contribution in [-0.2, 0) is 29.6 Å². The van der Waals surface area contributed by atoms with Crippen LogP contribution in [0.4, 0.5) is 39.8 Å². The molecule has 19 heteroatoms. The van der Waals surface area contributed by atoms with Crippen LogP contribution < -0.4 is 5.73 Å². The fourth-order valence-corrected chi connectivity index (χ4v) is 4.99. The van der Waals surface area contributed by atoms with E-state index in [0.717, 1.165) is 66.0 Å². The molecule has 5 aromatic rings. The average molecular weight is 846 g/mol. The molecule has 0 amide bonds. The molecule has 4 N–H and O–H groups in total. The highest BCUT2D eigenvalue weighted by molar-refractivity contribution is 9.10. The van der Waals surface area contributed by atoms with Crippen molar-refractivity contribution < 1.29 is 50.0 Å². The summed E-state index contributed by atoms with van der Waals surface area (Å²) in [5.41, 5.74) is -4.01. The van der Waals surface area contributed by atoms with Crippen molar-refractivity contribution >= 4 is 31.9 Å². The standard InChI is InChI=1S/C16H11BrF4N4O.C14H11BrF4N2O.CH4.FH/c17-10-1-4-14(22-6-10)16(20,21)15(26,7-25-8-23-24-9-25)12-3-2-11(18)5-13(12)19;15-8-1-4-12(21-6-8)14(18,19)13(22,7-20)10-3-2-9(16)5-11(10)17;;/h1-6,8-9,26H,7H2;1-6,22H,7,20H2;1H4;1H/t15-;13-;;/m00../s1. The summed E-state index contributed by atoms with van der Waals surface area (Å²) in [5.74, 6) is -12.5. The molecular formula is C31H27Br2F9N6O2. The van der Waals surface area contributed by atoms with E-state index in [9.17, 15) is 36.6 Å². The van der Waals surface area contributed by atoms with Crippen LogP contribution in [0.1, 0.15) is 29.9 Å². The highest BCUT2D eigenvalue weighted by Gasteiger charge is 2.58. The number of nitrogens with zero attached hydrogens (tertiary/aromatic N) is 5. The number of rotatable bonds is 9. The third kappa shape index (κ3) is 8.34. The lowest BCUT2D eigenvalue weighted by Crippen LogP contribution is -2.50. The Morgan fingerprint density at radius 2 is 1.06 bits per heavy atom. The molecule has 50 heavy (non-hydrogen) atoms. The molecule has 0 spiro atoms. The molecule has 0 saturated heterocycles. The van der Waals surface area contributed by atoms with E-state index in [4.69, 9.17) is 5.73 Å². The molecule has 0 aliphatic heterocycles. The van der Waals surface area contributed by atoms with Gasteiger partial charge in [0.25, 0.3) is 0 Å². The molecule has 2 atom stereocenters. The lowest BCUT2D eigenvalue weighted by molar-refractivity contribution is -0.206. The number of nitrogens with two attached hydrogens (primary N) is 1. The number of pyridine rings is 2. The van der Waals surface area contributed by atoms with Crippen LogP contribution in [0.25, 0.3) is 0 Å². The van der Waals surface area contributed by atoms with Crippen molar-refractivity contribution in [1.29, 1.82) is 0 Å². The van der Waals surface area contributed by atoms with Crippen molar-refractivity contribution in [1.82, 2.24) is 24.7 Å². The van der Waals surface area contributed by atoms with Crippen LogP contribution in [0.3, 0.4) is 0 Å². The Morgan fingerprint density at radius 3 is 1.42 bits per heavy atom. The van der Waals surface area contributed by atoms with Crippen LogP contribution in [-0.4, -0.2) is 41.5 Å². The molecule has 0 saturated carbocycles. The van der Waals surface area contributed by atoms with Gasteiger partial charge in [0.1, 0.15) is 47.3 Å². The minimum Gasteiger partial charge on any atom is -0.377 e. The third-order valence-electron chi connectivity index (χ3n) is 7.06. The van der Waals surface area contributed by atoms with Crippen molar-refractivity contribution in [3.05, 3.63) is 140 Å². The number of benzene rings is 2. The topological polar surface area (TPSA) is 123 Å². The summed E-state index contributed by atoms with van der Waals surface area (Å²) in [4.78, 5) is 7.15. The lowest BCUT2D eigenvalue weighted by Gasteiger charge is -2.36. The quantitative estimate of drug-likeness (QED) is 0.134. The third-order valence-corrected chi connectivity index (χ3v) is 8.00. The zero-order valence-electron chi connectivity index (χ0n) is 24.4. The molecule has 5 rings (SSSR count). The molecule has 2 aromatic carbocycles. The van der Waals surface area contributed by atoms with Crippen molar-refractivity contribution in [3.63, 3.8) is 0 Å². The van der Waals surface area contributed by atoms with Crippen LogP contribution in [0.5, 0.6) is 0 Å². The molecule has 0 unspecified atom stereocenters. The zero-order chi connectivity index (χ0) is 35.5. The van der Waals surface area contributed by atoms with Crippen LogP contribution >= 0.6 is 31.9 Å². The number of hydrogen-bond acceptors (Lipinski definition) is 7. The summed E-state index contributed by atoms with van der Waals surface area (Å²) in [6.07, 6.45) is 4.43. The largest absolute Gasteiger partial charge is 0.377 e. The van der Waals surface area contributed by atoms with E-state index >= 15 is 8.78 Å². The number of aromatic nitrogens is 5. The van der Waals surface area contributed by atoms with Gasteiger partial charge in [-0.3, -0.25) is 14.7 Å². The minimum absolute atomic E-state index is 0. The summed E-state index contributed by atoms with van der Waals surface area (Å²) in [5, 5.41) is 28.2. The highest BCUT2D eigenvalue weighted by atomic mass is 79.9. The molecule has 0 aliphatic rings. The predicted octanol–water partition coefficient (Wildman–Crippen LogP) is 7.24. The first-order valence-electron chi connectivity index (χ1n) is 13.3. The SMILES string of the molecule is C.F.NC[C@](O)(c1ccc(F)cc1F)C(F)(F)c1ccc(Br)cn1.O[C@@](Cn1cnnc1)(c1ccc(F)cc1F)C(F)(F)c1ccc(Br)cn1. The maximum absolute atomic E-state index is 15.3. The minimum atomic E-state index is -4.02. The maximum atomic E-state index is 15.3. The van der Waals surface area contributed by atoms with E-state index in [1.165, 1.54) is 12.1 Å². The monoisotopic (exact) mass is 844 g/mol. The number of hydrogen-bond donors (Lipinski definition) is 3. The van der Waals surface area contributed by atoms with Crippen LogP contribution in [0, 0.1) is 23.3 Å². The Labute approximate surface area is 295 Å². The first kappa shape index (κ1) is 42.3. The van der Waals surface area contributed by atoms with Gasteiger partial charge in [-0.15, -0.1) is 10.2 Å². The Bertz CT molecular complexity index is 1860. The summed E-state index contributed by atoms with van der Waals surface area (Å²) in [7, 11) is 0. The maximum Gasteiger partial charge on any atom is 0.323 e. The second kappa shape index (κ2) is 16.4. The second-order valence-electron chi connectivity index (χ2n) is 10.2. The van der Waals surface area contributed by atoms with Crippen molar-refractivity contribution in [2.45, 2.75) is 37.0 Å². The molecule has 3 aromatic heterocycles. The van der Waals surface area contributed by atoms with E-state index in [-0.39, 0.29) is 12.1 Å². The van der Waals surface area contributed by atoms with Crippen molar-refractivity contribution in [2.24, 2.45) is 5.73 Å². The normalized spacial score (nSPS) is 13.9. The van der Waals surface area contributed by atoms with Gasteiger partial charge in [0.05, 0.1) is 6.54 Å². The van der Waals surface area contributed by atoms with Crippen LogP contribution in [0.15, 0.2) is 94.7 Å². The first-order chi connectivity index (χ1) is 22.5. The van der Waals surface area contributed by atoms with Gasteiger partial charge in [-0.05, 0) is 74.3 Å². The Balaban J connectivity index is 0.000000338. The smallest absolute Gasteiger partial charge is 0.323 e. The fraction of sp³-hybridized carbons (Fsp3) is 0.226. The molecule has 0 radical (unpaired) electrons. The average Bonchev–Trinajstić information content (AvgIpc) is 3.54. The second-order valence-corrected chi connectivity index (χ2v) is 12.0. The molecule has 0 fully saturated rings. The van der Waals surface area contributed by atoms with Gasteiger partial charge in [-0.1, -0.05) is 13.5 Å². The number of aliphatic hydroxyl groups is 2. The molecule has 8 nitrogen and oxygen atoms in total. The van der Waals surface area contributed by atoms with Gasteiger partial charge in [0, 0.05) is 51.1 Å². The molecular weight excluding hydrogens is 819 g/mol. The summed E-state index contributed by atoms with van der Waals surface area (Å²) < 4.78 is 116. The van der Waals surface area contributed by atoms with Gasteiger partial charge >= 0.3 is 11.8 Å². The van der Waals surface area contributed by atoms with Gasteiger partial charge in [-0.25, -0.2) is 17.6 Å². The zero-order valence-corrected chi connectivity index (χ0v) is 27.6. The summed E-state index contributed by atoms with van der Waals surface area (Å²) >= 11 is 6.13. The predicted molar refractivity (Wildman–Crippen MR) is 170 cm³/mol. The van der Waals surface area contributed by atoms with E-state index in [0.29, 0.717) is 21.1 Å². The Morgan fingerprint density at radius 1 is 0.660 bits per heavy atom.